The molecule has 2 aromatic rings. The fourth-order valence-corrected chi connectivity index (χ4v) is 1.04. The second-order valence-electron chi connectivity index (χ2n) is 2.71. The molecule has 0 N–H and O–H groups in total. The van der Waals surface area contributed by atoms with E-state index in [2.05, 4.69) is 0 Å². The predicted octanol–water partition coefficient (Wildman–Crippen LogP) is 2.61. The van der Waals surface area contributed by atoms with E-state index in [1.807, 2.05) is 0 Å². The van der Waals surface area contributed by atoms with E-state index in [1.165, 1.54) is 4.73 Å². The Labute approximate surface area is 79.3 Å². The highest BCUT2D eigenvalue weighted by Gasteiger charge is 2.05. The monoisotopic (exact) mass is 195 g/mol. The quantitative estimate of drug-likeness (QED) is 0.718. The number of hydrogen-bond donors (Lipinski definition) is 0. The summed E-state index contributed by atoms with van der Waals surface area (Å²) in [7, 11) is 0. The van der Waals surface area contributed by atoms with Crippen molar-refractivity contribution >= 4 is 0 Å². The van der Waals surface area contributed by atoms with Crippen molar-refractivity contribution in [1.82, 2.24) is 4.73 Å². The summed E-state index contributed by atoms with van der Waals surface area (Å²) in [5.41, 5.74) is 0. The molecule has 0 spiro atoms. The molecule has 0 amide bonds. The van der Waals surface area contributed by atoms with Crippen LogP contribution in [0.5, 0.6) is 5.75 Å². The average Bonchev–Trinajstić information content (AvgIpc) is 2.64. The Bertz CT molecular complexity index is 426. The Kier molecular flexibility index (Phi) is 2.18. The van der Waals surface area contributed by atoms with Crippen LogP contribution >= 0.6 is 0 Å². The molecular weight excluding hydrogens is 188 g/mol. The topological polar surface area (TPSA) is 14.2 Å². The van der Waals surface area contributed by atoms with Gasteiger partial charge in [0.2, 0.25) is 0 Å². The zero-order valence-corrected chi connectivity index (χ0v) is 7.15. The van der Waals surface area contributed by atoms with Gasteiger partial charge in [0.25, 0.3) is 0 Å². The van der Waals surface area contributed by atoms with Crippen molar-refractivity contribution in [1.29, 1.82) is 0 Å². The van der Waals surface area contributed by atoms with Crippen LogP contribution in [0.15, 0.2) is 42.7 Å². The zero-order valence-electron chi connectivity index (χ0n) is 7.15. The summed E-state index contributed by atoms with van der Waals surface area (Å²) in [5, 5.41) is 0. The van der Waals surface area contributed by atoms with Gasteiger partial charge in [-0.2, -0.15) is 4.73 Å². The van der Waals surface area contributed by atoms with Gasteiger partial charge in [-0.3, -0.25) is 0 Å². The van der Waals surface area contributed by atoms with E-state index in [0.717, 1.165) is 18.2 Å². The molecule has 2 rings (SSSR count). The molecule has 0 aliphatic heterocycles. The Morgan fingerprint density at radius 2 is 1.79 bits per heavy atom. The van der Waals surface area contributed by atoms with Crippen molar-refractivity contribution in [2.75, 3.05) is 0 Å². The molecule has 1 aromatic heterocycles. The van der Waals surface area contributed by atoms with Crippen molar-refractivity contribution in [2.24, 2.45) is 0 Å². The van der Waals surface area contributed by atoms with Gasteiger partial charge >= 0.3 is 0 Å². The van der Waals surface area contributed by atoms with Crippen LogP contribution in [0.2, 0.25) is 0 Å². The third-order valence-electron chi connectivity index (χ3n) is 1.67. The number of rotatable bonds is 2. The maximum Gasteiger partial charge on any atom is 0.194 e. The summed E-state index contributed by atoms with van der Waals surface area (Å²) in [5.74, 6) is -1.27. The molecule has 1 aromatic carbocycles. The highest BCUT2D eigenvalue weighted by molar-refractivity contribution is 5.24. The van der Waals surface area contributed by atoms with E-state index < -0.39 is 11.6 Å². The van der Waals surface area contributed by atoms with Crippen LogP contribution in [0.25, 0.3) is 0 Å². The molecule has 2 nitrogen and oxygen atoms in total. The van der Waals surface area contributed by atoms with Gasteiger partial charge in [0.1, 0.15) is 5.82 Å². The van der Waals surface area contributed by atoms with Crippen molar-refractivity contribution in [3.8, 4) is 5.75 Å². The van der Waals surface area contributed by atoms with E-state index in [9.17, 15) is 8.78 Å². The van der Waals surface area contributed by atoms with Crippen LogP contribution in [0, 0.1) is 11.6 Å². The molecule has 0 saturated carbocycles. The lowest BCUT2D eigenvalue weighted by Crippen LogP contribution is -2.03. The second kappa shape index (κ2) is 3.49. The highest BCUT2D eigenvalue weighted by atomic mass is 19.1. The minimum atomic E-state index is -0.597. The number of hydrogen-bond acceptors (Lipinski definition) is 1. The van der Waals surface area contributed by atoms with Crippen LogP contribution in [-0.4, -0.2) is 4.73 Å². The zero-order chi connectivity index (χ0) is 9.97. The van der Waals surface area contributed by atoms with Gasteiger partial charge < -0.3 is 4.84 Å². The molecule has 0 unspecified atom stereocenters. The first-order valence-corrected chi connectivity index (χ1v) is 4.02. The van der Waals surface area contributed by atoms with E-state index in [4.69, 9.17) is 4.84 Å². The second-order valence-corrected chi connectivity index (χ2v) is 2.71. The Hall–Kier alpha value is -1.84. The fourth-order valence-electron chi connectivity index (χ4n) is 1.04. The Morgan fingerprint density at radius 1 is 1.07 bits per heavy atom. The maximum atomic E-state index is 13.1. The Balaban J connectivity index is 2.28. The van der Waals surface area contributed by atoms with E-state index in [1.54, 1.807) is 24.5 Å². The normalized spacial score (nSPS) is 10.1. The predicted molar refractivity (Wildman–Crippen MR) is 46.8 cm³/mol. The van der Waals surface area contributed by atoms with Crippen LogP contribution in [0.3, 0.4) is 0 Å². The molecule has 0 atom stereocenters. The van der Waals surface area contributed by atoms with E-state index in [-0.39, 0.29) is 5.75 Å². The molecule has 0 radical (unpaired) electrons. The summed E-state index contributed by atoms with van der Waals surface area (Å²) < 4.78 is 27.1. The molecular formula is C10H7F2NO. The van der Waals surface area contributed by atoms with Crippen LogP contribution < -0.4 is 4.84 Å². The molecule has 0 saturated heterocycles. The standard InChI is InChI=1S/C10H7F2NO/c11-8-3-4-9(12)10(7-8)14-13-5-1-2-6-13/h1-7H. The lowest BCUT2D eigenvalue weighted by molar-refractivity contribution is 0.205. The first-order chi connectivity index (χ1) is 6.75. The third-order valence-corrected chi connectivity index (χ3v) is 1.67. The molecule has 1 heterocycles. The van der Waals surface area contributed by atoms with Crippen LogP contribution in [-0.2, 0) is 0 Å². The van der Waals surface area contributed by atoms with Gasteiger partial charge in [-0.05, 0) is 24.3 Å². The smallest absolute Gasteiger partial charge is 0.194 e. The molecule has 72 valence electrons. The first kappa shape index (κ1) is 8.74. The van der Waals surface area contributed by atoms with Crippen LogP contribution in [0.4, 0.5) is 8.78 Å². The van der Waals surface area contributed by atoms with Gasteiger partial charge in [0, 0.05) is 18.5 Å². The van der Waals surface area contributed by atoms with Gasteiger partial charge in [0.15, 0.2) is 11.6 Å². The minimum Gasteiger partial charge on any atom is -0.373 e. The summed E-state index contributed by atoms with van der Waals surface area (Å²) in [4.78, 5) is 5.03. The van der Waals surface area contributed by atoms with Crippen LogP contribution in [0.1, 0.15) is 0 Å². The van der Waals surface area contributed by atoms with Gasteiger partial charge in [-0.15, -0.1) is 0 Å². The number of halogens is 2. The molecule has 0 fully saturated rings. The molecule has 4 heteroatoms. The minimum absolute atomic E-state index is 0.138. The maximum absolute atomic E-state index is 13.1. The SMILES string of the molecule is Fc1ccc(F)c(On2cccc2)c1. The van der Waals surface area contributed by atoms with Gasteiger partial charge in [-0.1, -0.05) is 0 Å². The number of nitrogens with zero attached hydrogens (tertiary/aromatic N) is 1. The number of aromatic nitrogens is 1. The van der Waals surface area contributed by atoms with Crippen molar-refractivity contribution in [3.05, 3.63) is 54.4 Å². The first-order valence-electron chi connectivity index (χ1n) is 4.02. The lowest BCUT2D eigenvalue weighted by Gasteiger charge is -2.06. The van der Waals surface area contributed by atoms with Crippen molar-refractivity contribution < 1.29 is 13.6 Å². The number of benzene rings is 1. The highest BCUT2D eigenvalue weighted by Crippen LogP contribution is 2.18. The van der Waals surface area contributed by atoms with E-state index >= 15 is 0 Å². The summed E-state index contributed by atoms with van der Waals surface area (Å²) in [6.07, 6.45) is 3.18. The molecule has 0 aliphatic carbocycles. The summed E-state index contributed by atoms with van der Waals surface area (Å²) >= 11 is 0. The summed E-state index contributed by atoms with van der Waals surface area (Å²) in [6, 6.07) is 6.50. The van der Waals surface area contributed by atoms with Gasteiger partial charge in [0.05, 0.1) is 0 Å². The van der Waals surface area contributed by atoms with Crippen molar-refractivity contribution in [2.45, 2.75) is 0 Å². The molecule has 14 heavy (non-hydrogen) atoms. The average molecular weight is 195 g/mol. The molecule has 0 aliphatic rings. The Morgan fingerprint density at radius 3 is 2.50 bits per heavy atom. The van der Waals surface area contributed by atoms with Gasteiger partial charge in [-0.25, -0.2) is 8.78 Å². The fraction of sp³-hybridized carbons (Fsp3) is 0. The lowest BCUT2D eigenvalue weighted by atomic mass is 10.3. The summed E-state index contributed by atoms with van der Waals surface area (Å²) in [6.45, 7) is 0. The van der Waals surface area contributed by atoms with Crippen molar-refractivity contribution in [3.63, 3.8) is 0 Å². The van der Waals surface area contributed by atoms with E-state index in [0.29, 0.717) is 0 Å². The third kappa shape index (κ3) is 1.74. The largest absolute Gasteiger partial charge is 0.373 e. The molecule has 0 bridgehead atoms.